The van der Waals surface area contributed by atoms with E-state index >= 15 is 0 Å². The van der Waals surface area contributed by atoms with Crippen molar-refractivity contribution in [2.45, 2.75) is 47.1 Å². The van der Waals surface area contributed by atoms with E-state index in [0.717, 1.165) is 11.8 Å². The van der Waals surface area contributed by atoms with Crippen molar-refractivity contribution in [2.24, 2.45) is 11.8 Å². The molecule has 0 saturated heterocycles. The molecular formula is C10H22IN. The molecule has 0 bridgehead atoms. The van der Waals surface area contributed by atoms with Gasteiger partial charge in [0.2, 0.25) is 0 Å². The van der Waals surface area contributed by atoms with Gasteiger partial charge in [0, 0.05) is 35.5 Å². The minimum absolute atomic E-state index is 0.665. The maximum atomic E-state index is 2.44. The van der Waals surface area contributed by atoms with E-state index in [1.807, 2.05) is 0 Å². The van der Waals surface area contributed by atoms with Gasteiger partial charge in [0.25, 0.3) is 0 Å². The summed E-state index contributed by atoms with van der Waals surface area (Å²) in [6, 6.07) is 0.665. The van der Waals surface area contributed by atoms with Gasteiger partial charge in [-0.3, -0.25) is 0 Å². The van der Waals surface area contributed by atoms with E-state index in [0.29, 0.717) is 6.04 Å². The van der Waals surface area contributed by atoms with Gasteiger partial charge >= 0.3 is 0 Å². The van der Waals surface area contributed by atoms with Gasteiger partial charge in [-0.2, -0.15) is 0 Å². The highest BCUT2D eigenvalue weighted by Crippen LogP contribution is 2.19. The van der Waals surface area contributed by atoms with Gasteiger partial charge in [0.05, 0.1) is 0 Å². The summed E-state index contributed by atoms with van der Waals surface area (Å²) in [7, 11) is 0. The molecule has 0 fully saturated rings. The molecule has 12 heavy (non-hydrogen) atoms. The van der Waals surface area contributed by atoms with Crippen molar-refractivity contribution in [3.05, 3.63) is 0 Å². The monoisotopic (exact) mass is 283 g/mol. The zero-order valence-corrected chi connectivity index (χ0v) is 11.1. The molecule has 2 heteroatoms. The van der Waals surface area contributed by atoms with Gasteiger partial charge in [-0.1, -0.05) is 27.2 Å². The SMILES string of the molecule is CCC(CN(I)C(C)C)C(C)C. The Morgan fingerprint density at radius 3 is 1.92 bits per heavy atom. The molecule has 0 saturated carbocycles. The fraction of sp³-hybridized carbons (Fsp3) is 1.00. The molecule has 0 rings (SSSR count). The van der Waals surface area contributed by atoms with E-state index in [1.165, 1.54) is 13.0 Å². The molecule has 74 valence electrons. The van der Waals surface area contributed by atoms with Gasteiger partial charge in [0.15, 0.2) is 0 Å². The lowest BCUT2D eigenvalue weighted by atomic mass is 9.93. The summed E-state index contributed by atoms with van der Waals surface area (Å²) in [6.45, 7) is 12.7. The topological polar surface area (TPSA) is 3.24 Å². The second kappa shape index (κ2) is 6.19. The first kappa shape index (κ1) is 12.7. The van der Waals surface area contributed by atoms with Crippen molar-refractivity contribution in [1.82, 2.24) is 3.11 Å². The Hall–Kier alpha value is 0.690. The minimum atomic E-state index is 0.665. The van der Waals surface area contributed by atoms with Crippen LogP contribution in [0.5, 0.6) is 0 Å². The van der Waals surface area contributed by atoms with Crippen molar-refractivity contribution in [1.29, 1.82) is 0 Å². The minimum Gasteiger partial charge on any atom is -0.245 e. The van der Waals surface area contributed by atoms with Crippen molar-refractivity contribution in [2.75, 3.05) is 6.54 Å². The Morgan fingerprint density at radius 2 is 1.67 bits per heavy atom. The van der Waals surface area contributed by atoms with Gasteiger partial charge in [-0.15, -0.1) is 0 Å². The van der Waals surface area contributed by atoms with Crippen LogP contribution in [0.4, 0.5) is 0 Å². The first-order chi connectivity index (χ1) is 5.49. The van der Waals surface area contributed by atoms with Crippen molar-refractivity contribution in [3.63, 3.8) is 0 Å². The Balaban J connectivity index is 3.85. The molecule has 0 aromatic rings. The number of nitrogens with zero attached hydrogens (tertiary/aromatic N) is 1. The summed E-state index contributed by atoms with van der Waals surface area (Å²) in [5, 5.41) is 0. The highest BCUT2D eigenvalue weighted by atomic mass is 127. The smallest absolute Gasteiger partial charge is 0.0204 e. The fourth-order valence-corrected chi connectivity index (χ4v) is 1.75. The number of hydrogen-bond acceptors (Lipinski definition) is 1. The predicted molar refractivity (Wildman–Crippen MR) is 64.5 cm³/mol. The van der Waals surface area contributed by atoms with E-state index in [1.54, 1.807) is 0 Å². The molecule has 0 aromatic heterocycles. The lowest BCUT2D eigenvalue weighted by Crippen LogP contribution is -2.28. The molecule has 0 aliphatic heterocycles. The van der Waals surface area contributed by atoms with Crippen LogP contribution >= 0.6 is 22.9 Å². The van der Waals surface area contributed by atoms with Gasteiger partial charge in [0.1, 0.15) is 0 Å². The van der Waals surface area contributed by atoms with Crippen LogP contribution in [0.25, 0.3) is 0 Å². The van der Waals surface area contributed by atoms with Crippen LogP contribution in [0, 0.1) is 11.8 Å². The Bertz CT molecular complexity index is 112. The van der Waals surface area contributed by atoms with Crippen LogP contribution in [0.2, 0.25) is 0 Å². The number of rotatable bonds is 5. The van der Waals surface area contributed by atoms with E-state index in [2.05, 4.69) is 60.6 Å². The van der Waals surface area contributed by atoms with Crippen LogP contribution in [0.15, 0.2) is 0 Å². The molecule has 0 radical (unpaired) electrons. The predicted octanol–water partition coefficient (Wildman–Crippen LogP) is 3.73. The quantitative estimate of drug-likeness (QED) is 0.549. The van der Waals surface area contributed by atoms with Crippen LogP contribution < -0.4 is 0 Å². The Labute approximate surface area is 91.4 Å². The van der Waals surface area contributed by atoms with Crippen LogP contribution in [-0.4, -0.2) is 15.7 Å². The maximum absolute atomic E-state index is 2.44. The zero-order valence-electron chi connectivity index (χ0n) is 8.97. The highest BCUT2D eigenvalue weighted by molar-refractivity contribution is 14.1. The van der Waals surface area contributed by atoms with Crippen LogP contribution in [0.3, 0.4) is 0 Å². The van der Waals surface area contributed by atoms with Crippen molar-refractivity contribution in [3.8, 4) is 0 Å². The molecule has 1 atom stereocenters. The van der Waals surface area contributed by atoms with Crippen molar-refractivity contribution >= 4 is 22.9 Å². The molecule has 0 N–H and O–H groups in total. The normalized spacial score (nSPS) is 14.8. The lowest BCUT2D eigenvalue weighted by Gasteiger charge is -2.26. The molecular weight excluding hydrogens is 261 g/mol. The maximum Gasteiger partial charge on any atom is 0.0204 e. The first-order valence-corrected chi connectivity index (χ1v) is 5.87. The number of hydrogen-bond donors (Lipinski definition) is 0. The summed E-state index contributed by atoms with van der Waals surface area (Å²) in [5.41, 5.74) is 0. The summed E-state index contributed by atoms with van der Waals surface area (Å²) in [4.78, 5) is 0. The average molecular weight is 283 g/mol. The molecule has 0 aliphatic carbocycles. The van der Waals surface area contributed by atoms with Gasteiger partial charge in [-0.05, 0) is 25.7 Å². The van der Waals surface area contributed by atoms with Crippen LogP contribution in [0.1, 0.15) is 41.0 Å². The van der Waals surface area contributed by atoms with E-state index in [9.17, 15) is 0 Å². The average Bonchev–Trinajstić information content (AvgIpc) is 1.98. The molecule has 0 spiro atoms. The summed E-state index contributed by atoms with van der Waals surface area (Å²) >= 11 is 2.44. The Kier molecular flexibility index (Phi) is 6.55. The summed E-state index contributed by atoms with van der Waals surface area (Å²) in [6.07, 6.45) is 1.30. The molecule has 0 aliphatic rings. The Morgan fingerprint density at radius 1 is 1.17 bits per heavy atom. The first-order valence-electron chi connectivity index (χ1n) is 4.91. The van der Waals surface area contributed by atoms with E-state index in [4.69, 9.17) is 0 Å². The summed E-state index contributed by atoms with van der Waals surface area (Å²) in [5.74, 6) is 1.66. The largest absolute Gasteiger partial charge is 0.245 e. The molecule has 0 amide bonds. The van der Waals surface area contributed by atoms with Gasteiger partial charge < -0.3 is 0 Å². The molecule has 1 nitrogen and oxygen atoms in total. The fourth-order valence-electron chi connectivity index (χ4n) is 1.25. The number of halogens is 1. The van der Waals surface area contributed by atoms with Crippen molar-refractivity contribution < 1.29 is 0 Å². The van der Waals surface area contributed by atoms with Gasteiger partial charge in [-0.25, -0.2) is 3.11 Å². The van der Waals surface area contributed by atoms with E-state index < -0.39 is 0 Å². The summed E-state index contributed by atoms with van der Waals surface area (Å²) < 4.78 is 2.41. The highest BCUT2D eigenvalue weighted by Gasteiger charge is 2.15. The molecule has 0 aromatic carbocycles. The lowest BCUT2D eigenvalue weighted by molar-refractivity contribution is 0.284. The third-order valence-electron chi connectivity index (χ3n) is 2.44. The van der Waals surface area contributed by atoms with E-state index in [-0.39, 0.29) is 0 Å². The zero-order chi connectivity index (χ0) is 9.72. The van der Waals surface area contributed by atoms with Crippen LogP contribution in [-0.2, 0) is 0 Å². The second-order valence-corrected chi connectivity index (χ2v) is 5.33. The second-order valence-electron chi connectivity index (χ2n) is 4.09. The third kappa shape index (κ3) is 4.65. The molecule has 0 heterocycles. The third-order valence-corrected chi connectivity index (χ3v) is 3.94. The standard InChI is InChI=1S/C10H22IN/c1-6-10(8(2)3)7-12(11)9(4)5/h8-10H,6-7H2,1-5H3. The molecule has 1 unspecified atom stereocenters.